The molecule has 0 aromatic heterocycles. The van der Waals surface area contributed by atoms with E-state index < -0.39 is 143 Å². The summed E-state index contributed by atoms with van der Waals surface area (Å²) in [4.78, 5) is 59.1. The van der Waals surface area contributed by atoms with Gasteiger partial charge in [0.05, 0.1) is 49.7 Å². The highest BCUT2D eigenvalue weighted by molar-refractivity contribution is 6.31. The fraction of sp³-hybridized carbons (Fsp3) is 0.463. The summed E-state index contributed by atoms with van der Waals surface area (Å²) in [5.41, 5.74) is -1.04. The molecule has 62 heavy (non-hydrogen) atoms. The van der Waals surface area contributed by atoms with Crippen molar-refractivity contribution in [2.24, 2.45) is 0 Å². The van der Waals surface area contributed by atoms with Crippen molar-refractivity contribution in [3.8, 4) is 34.1 Å². The van der Waals surface area contributed by atoms with E-state index in [1.807, 2.05) is 0 Å². The van der Waals surface area contributed by atoms with Crippen LogP contribution in [0.4, 0.5) is 0 Å². The number of hydrogen-bond donors (Lipinski definition) is 11. The number of nitrogens with one attached hydrogen (secondary N) is 3. The number of aryl methyl sites for hydroxylation is 1. The molecule has 2 fully saturated rings. The number of ketones is 2. The molecule has 4 aliphatic rings. The Hall–Kier alpha value is -5.30. The van der Waals surface area contributed by atoms with Crippen LogP contribution in [0.2, 0.25) is 0 Å². The molecule has 2 heterocycles. The number of methoxy groups -OCH3 is 1. The molecule has 3 aromatic rings. The first kappa shape index (κ1) is 44.7. The third kappa shape index (κ3) is 7.33. The molecule has 1 unspecified atom stereocenters. The molecule has 0 spiro atoms. The minimum atomic E-state index is -1.88. The van der Waals surface area contributed by atoms with Crippen molar-refractivity contribution < 1.29 is 88.6 Å². The summed E-state index contributed by atoms with van der Waals surface area (Å²) in [5, 5.41) is 95.4. The molecule has 12 atom stereocenters. The number of hydrogen-bond acceptors (Lipinski definition) is 19. The summed E-state index contributed by atoms with van der Waals surface area (Å²) in [5.74, 6) is -5.81. The van der Waals surface area contributed by atoms with Gasteiger partial charge in [-0.1, -0.05) is 6.07 Å². The number of phenolic OH excluding ortho intramolecular Hbond substituents is 3. The quantitative estimate of drug-likeness (QED) is 0.0850. The van der Waals surface area contributed by atoms with Gasteiger partial charge in [0.15, 0.2) is 24.1 Å². The van der Waals surface area contributed by atoms with Crippen LogP contribution in [0.5, 0.6) is 23.0 Å². The fourth-order valence-corrected chi connectivity index (χ4v) is 8.49. The van der Waals surface area contributed by atoms with Crippen LogP contribution in [0.15, 0.2) is 24.3 Å². The van der Waals surface area contributed by atoms with Gasteiger partial charge in [-0.3, -0.25) is 24.0 Å². The molecule has 2 saturated heterocycles. The molecular formula is C41H47N3O18. The van der Waals surface area contributed by atoms with E-state index >= 15 is 0 Å². The number of ether oxygens (including phenoxy) is 5. The maximum absolute atomic E-state index is 14.1. The van der Waals surface area contributed by atoms with Crippen molar-refractivity contribution in [1.29, 1.82) is 0 Å². The van der Waals surface area contributed by atoms with Gasteiger partial charge in [0, 0.05) is 28.3 Å². The van der Waals surface area contributed by atoms with E-state index in [1.165, 1.54) is 40.2 Å². The van der Waals surface area contributed by atoms with Crippen molar-refractivity contribution in [2.45, 2.75) is 94.3 Å². The normalized spacial score (nSPS) is 29.4. The molecule has 7 rings (SSSR count). The lowest BCUT2D eigenvalue weighted by atomic mass is 9.74. The number of benzene rings is 3. The highest BCUT2D eigenvalue weighted by Crippen LogP contribution is 2.57. The largest absolute Gasteiger partial charge is 0.507 e. The number of rotatable bonds is 10. The molecule has 2 amide bonds. The standard InChI is InChI=1S/C41H47N3O18/c1-12-7-19-25(32(51)22(12)39(56)43-13(2)38(55)44-58-6)24-17(10-18-26(33(24)52)29(48)16-8-15(57-5)9-20(45)23(16)28(18)47)30(49)36(19)61-41-35(54)37(27(42-4)14(3)60-41)62-40-34(53)31(50)21(46)11-59-40/h7-10,13-14,21,27,30-31,34-37,40-42,45-46,49-54H,11H2,1-6H3,(H,43,56)(H,44,55)/t13?,14-,21-,27+,30+,31+,34-,35+,36+,37+,40+,41+/m1/s1. The number of hydroxylamine groups is 1. The molecule has 0 saturated carbocycles. The van der Waals surface area contributed by atoms with Crippen LogP contribution >= 0.6 is 0 Å². The van der Waals surface area contributed by atoms with Crippen LogP contribution in [0.1, 0.15) is 84.9 Å². The van der Waals surface area contributed by atoms with E-state index in [1.54, 1.807) is 14.0 Å². The molecule has 2 aliphatic carbocycles. The molecule has 2 aliphatic heterocycles. The number of likely N-dealkylation sites (N-methyl/N-ethyl adjacent to an activating group) is 1. The Morgan fingerprint density at radius 2 is 1.48 bits per heavy atom. The molecule has 3 aromatic carbocycles. The van der Waals surface area contributed by atoms with Crippen molar-refractivity contribution in [2.75, 3.05) is 27.9 Å². The highest BCUT2D eigenvalue weighted by atomic mass is 16.7. The van der Waals surface area contributed by atoms with Gasteiger partial charge in [-0.15, -0.1) is 0 Å². The third-order valence-corrected chi connectivity index (χ3v) is 11.6. The predicted molar refractivity (Wildman–Crippen MR) is 208 cm³/mol. The summed E-state index contributed by atoms with van der Waals surface area (Å²) in [6.45, 7) is 3.96. The van der Waals surface area contributed by atoms with E-state index in [2.05, 4.69) is 21.0 Å². The molecule has 0 bridgehead atoms. The Balaban J connectivity index is 1.36. The van der Waals surface area contributed by atoms with Crippen LogP contribution in [-0.2, 0) is 28.6 Å². The first-order valence-electron chi connectivity index (χ1n) is 19.4. The van der Waals surface area contributed by atoms with Crippen molar-refractivity contribution in [1.82, 2.24) is 16.1 Å². The van der Waals surface area contributed by atoms with E-state index in [0.29, 0.717) is 0 Å². The number of aliphatic hydroxyl groups excluding tert-OH is 5. The average molecular weight is 870 g/mol. The van der Waals surface area contributed by atoms with Crippen molar-refractivity contribution >= 4 is 23.4 Å². The van der Waals surface area contributed by atoms with Crippen LogP contribution < -0.4 is 20.9 Å². The van der Waals surface area contributed by atoms with Gasteiger partial charge >= 0.3 is 0 Å². The molecule has 21 heteroatoms. The first-order valence-corrected chi connectivity index (χ1v) is 19.4. The Bertz CT molecular complexity index is 2320. The lowest BCUT2D eigenvalue weighted by Crippen LogP contribution is -2.65. The van der Waals surface area contributed by atoms with Crippen molar-refractivity contribution in [3.05, 3.63) is 68.8 Å². The zero-order valence-corrected chi connectivity index (χ0v) is 34.1. The summed E-state index contributed by atoms with van der Waals surface area (Å²) in [6.07, 6.45) is -15.5. The second-order valence-electron chi connectivity index (χ2n) is 15.5. The van der Waals surface area contributed by atoms with Crippen LogP contribution in [0.25, 0.3) is 11.1 Å². The third-order valence-electron chi connectivity index (χ3n) is 11.6. The number of amides is 2. The predicted octanol–water partition coefficient (Wildman–Crippen LogP) is -1.02. The van der Waals surface area contributed by atoms with Gasteiger partial charge in [-0.05, 0) is 56.6 Å². The summed E-state index contributed by atoms with van der Waals surface area (Å²) in [6, 6.07) is 2.74. The highest BCUT2D eigenvalue weighted by Gasteiger charge is 2.51. The molecule has 0 radical (unpaired) electrons. The fourth-order valence-electron chi connectivity index (χ4n) is 8.49. The van der Waals surface area contributed by atoms with E-state index in [9.17, 15) is 60.0 Å². The van der Waals surface area contributed by atoms with Gasteiger partial charge in [-0.2, -0.15) is 0 Å². The smallest absolute Gasteiger partial charge is 0.265 e. The lowest BCUT2D eigenvalue weighted by molar-refractivity contribution is -0.339. The van der Waals surface area contributed by atoms with Gasteiger partial charge in [0.2, 0.25) is 0 Å². The van der Waals surface area contributed by atoms with Crippen LogP contribution in [-0.4, -0.2) is 153 Å². The summed E-state index contributed by atoms with van der Waals surface area (Å²) >= 11 is 0. The van der Waals surface area contributed by atoms with Crippen molar-refractivity contribution in [3.63, 3.8) is 0 Å². The van der Waals surface area contributed by atoms with E-state index in [4.69, 9.17) is 23.7 Å². The average Bonchev–Trinajstić information content (AvgIpc) is 3.22. The van der Waals surface area contributed by atoms with Gasteiger partial charge in [0.25, 0.3) is 11.8 Å². The first-order chi connectivity index (χ1) is 29.4. The Morgan fingerprint density at radius 3 is 2.15 bits per heavy atom. The lowest BCUT2D eigenvalue weighted by Gasteiger charge is -2.47. The minimum absolute atomic E-state index is 0.0233. The number of carbonyl (C=O) groups excluding carboxylic acids is 4. The number of phenols is 3. The zero-order chi connectivity index (χ0) is 45.2. The van der Waals surface area contributed by atoms with Gasteiger partial charge in [-0.25, -0.2) is 5.48 Å². The van der Waals surface area contributed by atoms with Gasteiger partial charge < -0.3 is 75.2 Å². The number of fused-ring (bicyclic) bond motifs is 5. The monoisotopic (exact) mass is 869 g/mol. The second kappa shape index (κ2) is 17.1. The molecular weight excluding hydrogens is 822 g/mol. The Morgan fingerprint density at radius 1 is 0.823 bits per heavy atom. The van der Waals surface area contributed by atoms with E-state index in [-0.39, 0.29) is 39.1 Å². The number of aromatic hydroxyl groups is 3. The minimum Gasteiger partial charge on any atom is -0.507 e. The van der Waals surface area contributed by atoms with Crippen LogP contribution in [0.3, 0.4) is 0 Å². The summed E-state index contributed by atoms with van der Waals surface area (Å²) in [7, 11) is 4.01. The van der Waals surface area contributed by atoms with Crippen LogP contribution in [0, 0.1) is 6.92 Å². The topological polar surface area (TPSA) is 322 Å². The Kier molecular flexibility index (Phi) is 12.3. The number of aliphatic hydroxyl groups is 5. The maximum Gasteiger partial charge on any atom is 0.265 e. The second-order valence-corrected chi connectivity index (χ2v) is 15.5. The van der Waals surface area contributed by atoms with E-state index in [0.717, 1.165) is 12.1 Å². The SMILES string of the molecule is CN[C@@H]1[C@H](O[C@@H]2OC[C@@H](O)[C@H](O)[C@H]2O)[C@H](O)[C@H](O[C@H]2c3cc(C)c(C(=O)NC(C)C(=O)NOC)c(O)c3-c3c(cc4c(c3O)C(=O)c3cc(OC)cc(O)c3C4=O)[C@@H]2O)O[C@@H]1C. The maximum atomic E-state index is 14.1. The number of carbonyl (C=O) groups is 4. The molecule has 334 valence electrons. The summed E-state index contributed by atoms with van der Waals surface area (Å²) < 4.78 is 29.0. The molecule has 21 nitrogen and oxygen atoms in total. The molecule has 11 N–H and O–H groups in total. The Labute approximate surface area is 352 Å². The van der Waals surface area contributed by atoms with Gasteiger partial charge in [0.1, 0.15) is 71.8 Å². The zero-order valence-electron chi connectivity index (χ0n) is 34.1.